The monoisotopic (exact) mass is 333 g/mol. The second-order valence-electron chi connectivity index (χ2n) is 5.83. The second-order valence-corrected chi connectivity index (χ2v) is 5.83. The number of nitrogens with zero attached hydrogens (tertiary/aromatic N) is 3. The van der Waals surface area contributed by atoms with Crippen LogP contribution in [0.4, 0.5) is 11.6 Å². The Hall–Kier alpha value is -3.28. The van der Waals surface area contributed by atoms with Gasteiger partial charge in [-0.15, -0.1) is 0 Å². The molecule has 0 bridgehead atoms. The number of pyridine rings is 1. The Morgan fingerprint density at radius 3 is 2.28 bits per heavy atom. The van der Waals surface area contributed by atoms with Crippen LogP contribution in [0.1, 0.15) is 27.0 Å². The lowest BCUT2D eigenvalue weighted by molar-refractivity contribution is 0.0950. The van der Waals surface area contributed by atoms with Gasteiger partial charge >= 0.3 is 0 Å². The quantitative estimate of drug-likeness (QED) is 0.750. The van der Waals surface area contributed by atoms with Crippen molar-refractivity contribution in [2.24, 2.45) is 0 Å². The molecule has 0 radical (unpaired) electrons. The summed E-state index contributed by atoms with van der Waals surface area (Å²) >= 11 is 0. The zero-order chi connectivity index (χ0) is 17.6. The van der Waals surface area contributed by atoms with Crippen LogP contribution in [-0.4, -0.2) is 20.9 Å². The van der Waals surface area contributed by atoms with Gasteiger partial charge in [0.25, 0.3) is 5.91 Å². The Kier molecular flexibility index (Phi) is 4.99. The molecule has 0 unspecified atom stereocenters. The standard InChI is InChI=1S/C19H19N5O/c1-13-7-14(2)9-17(8-13)24-19-22-11-16(12-23-19)18(25)21-10-15-3-5-20-6-4-15/h3-9,11-12H,10H2,1-2H3,(H,21,25)(H,22,23,24). The first-order valence-corrected chi connectivity index (χ1v) is 7.94. The van der Waals surface area contributed by atoms with Gasteiger partial charge in [0.1, 0.15) is 0 Å². The SMILES string of the molecule is Cc1cc(C)cc(Nc2ncc(C(=O)NCc3ccncc3)cn2)c1. The van der Waals surface area contributed by atoms with Crippen LogP contribution in [0.3, 0.4) is 0 Å². The van der Waals surface area contributed by atoms with Crippen LogP contribution in [0.5, 0.6) is 0 Å². The highest BCUT2D eigenvalue weighted by atomic mass is 16.1. The van der Waals surface area contributed by atoms with Crippen molar-refractivity contribution < 1.29 is 4.79 Å². The summed E-state index contributed by atoms with van der Waals surface area (Å²) in [7, 11) is 0. The average molecular weight is 333 g/mol. The molecule has 0 saturated carbocycles. The van der Waals surface area contributed by atoms with Crippen molar-refractivity contribution in [2.45, 2.75) is 20.4 Å². The Balaban J connectivity index is 1.62. The van der Waals surface area contributed by atoms with Gasteiger partial charge < -0.3 is 10.6 Å². The van der Waals surface area contributed by atoms with Crippen molar-refractivity contribution in [3.8, 4) is 0 Å². The molecule has 6 nitrogen and oxygen atoms in total. The predicted octanol–water partition coefficient (Wildman–Crippen LogP) is 3.16. The highest BCUT2D eigenvalue weighted by Gasteiger charge is 2.07. The molecular weight excluding hydrogens is 314 g/mol. The smallest absolute Gasteiger partial charge is 0.254 e. The van der Waals surface area contributed by atoms with Gasteiger partial charge in [0.15, 0.2) is 0 Å². The summed E-state index contributed by atoms with van der Waals surface area (Å²) in [4.78, 5) is 24.5. The van der Waals surface area contributed by atoms with Gasteiger partial charge in [-0.3, -0.25) is 9.78 Å². The maximum absolute atomic E-state index is 12.1. The van der Waals surface area contributed by atoms with E-state index in [2.05, 4.69) is 31.7 Å². The molecule has 2 aromatic heterocycles. The number of aromatic nitrogens is 3. The first-order chi connectivity index (χ1) is 12.1. The molecule has 0 aliphatic carbocycles. The molecule has 0 aliphatic rings. The fraction of sp³-hybridized carbons (Fsp3) is 0.158. The van der Waals surface area contributed by atoms with Crippen LogP contribution in [0.25, 0.3) is 0 Å². The minimum Gasteiger partial charge on any atom is -0.348 e. The van der Waals surface area contributed by atoms with E-state index in [9.17, 15) is 4.79 Å². The number of carbonyl (C=O) groups excluding carboxylic acids is 1. The van der Waals surface area contributed by atoms with Gasteiger partial charge in [-0.25, -0.2) is 9.97 Å². The molecule has 0 saturated heterocycles. The number of carbonyl (C=O) groups is 1. The van der Waals surface area contributed by atoms with Gasteiger partial charge in [-0.2, -0.15) is 0 Å². The summed E-state index contributed by atoms with van der Waals surface area (Å²) in [6, 6.07) is 9.85. The summed E-state index contributed by atoms with van der Waals surface area (Å²) in [5, 5.41) is 5.98. The van der Waals surface area contributed by atoms with E-state index in [1.807, 2.05) is 38.1 Å². The molecule has 0 atom stereocenters. The van der Waals surface area contributed by atoms with E-state index in [-0.39, 0.29) is 5.91 Å². The van der Waals surface area contributed by atoms with Crippen molar-refractivity contribution in [1.82, 2.24) is 20.3 Å². The van der Waals surface area contributed by atoms with Crippen LogP contribution in [-0.2, 0) is 6.54 Å². The first kappa shape index (κ1) is 16.6. The van der Waals surface area contributed by atoms with Gasteiger partial charge in [0, 0.05) is 37.0 Å². The minimum absolute atomic E-state index is 0.213. The number of rotatable bonds is 5. The zero-order valence-electron chi connectivity index (χ0n) is 14.2. The highest BCUT2D eigenvalue weighted by Crippen LogP contribution is 2.17. The number of amides is 1. The molecule has 6 heteroatoms. The molecule has 3 aromatic rings. The maximum Gasteiger partial charge on any atom is 0.254 e. The van der Waals surface area contributed by atoms with Crippen molar-refractivity contribution >= 4 is 17.5 Å². The summed E-state index contributed by atoms with van der Waals surface area (Å²) in [5.41, 5.74) is 4.65. The molecule has 25 heavy (non-hydrogen) atoms. The van der Waals surface area contributed by atoms with Gasteiger partial charge in [0.05, 0.1) is 5.56 Å². The fourth-order valence-corrected chi connectivity index (χ4v) is 2.47. The average Bonchev–Trinajstić information content (AvgIpc) is 2.60. The molecule has 0 fully saturated rings. The van der Waals surface area contributed by atoms with Crippen LogP contribution in [0.2, 0.25) is 0 Å². The Morgan fingerprint density at radius 2 is 1.64 bits per heavy atom. The van der Waals surface area contributed by atoms with Crippen molar-refractivity contribution in [2.75, 3.05) is 5.32 Å². The maximum atomic E-state index is 12.1. The van der Waals surface area contributed by atoms with E-state index < -0.39 is 0 Å². The molecule has 1 aromatic carbocycles. The largest absolute Gasteiger partial charge is 0.348 e. The molecule has 2 N–H and O–H groups in total. The number of benzene rings is 1. The number of hydrogen-bond acceptors (Lipinski definition) is 5. The lowest BCUT2D eigenvalue weighted by Crippen LogP contribution is -2.23. The summed E-state index contributed by atoms with van der Waals surface area (Å²) in [5.74, 6) is 0.241. The molecule has 3 rings (SSSR count). The van der Waals surface area contributed by atoms with Crippen molar-refractivity contribution in [3.05, 3.63) is 77.4 Å². The van der Waals surface area contributed by atoms with Gasteiger partial charge in [-0.05, 0) is 54.8 Å². The summed E-state index contributed by atoms with van der Waals surface area (Å²) in [6.45, 7) is 4.51. The van der Waals surface area contributed by atoms with Crippen LogP contribution in [0, 0.1) is 13.8 Å². The zero-order valence-corrected chi connectivity index (χ0v) is 14.2. The van der Waals surface area contributed by atoms with Crippen LogP contribution < -0.4 is 10.6 Å². The van der Waals surface area contributed by atoms with Crippen molar-refractivity contribution in [3.63, 3.8) is 0 Å². The number of aryl methyl sites for hydroxylation is 2. The predicted molar refractivity (Wildman–Crippen MR) is 96.6 cm³/mol. The first-order valence-electron chi connectivity index (χ1n) is 7.94. The lowest BCUT2D eigenvalue weighted by Gasteiger charge is -2.08. The van der Waals surface area contributed by atoms with E-state index in [0.717, 1.165) is 22.4 Å². The third kappa shape index (κ3) is 4.60. The number of anilines is 2. The van der Waals surface area contributed by atoms with Gasteiger partial charge in [-0.1, -0.05) is 6.07 Å². The molecule has 2 heterocycles. The van der Waals surface area contributed by atoms with E-state index in [4.69, 9.17) is 0 Å². The summed E-state index contributed by atoms with van der Waals surface area (Å²) in [6.07, 6.45) is 6.41. The van der Waals surface area contributed by atoms with E-state index in [1.165, 1.54) is 12.4 Å². The van der Waals surface area contributed by atoms with Gasteiger partial charge in [0.2, 0.25) is 5.95 Å². The fourth-order valence-electron chi connectivity index (χ4n) is 2.47. The topological polar surface area (TPSA) is 79.8 Å². The molecule has 0 spiro atoms. The Morgan fingerprint density at radius 1 is 1.00 bits per heavy atom. The van der Waals surface area contributed by atoms with E-state index >= 15 is 0 Å². The molecule has 1 amide bonds. The summed E-state index contributed by atoms with van der Waals surface area (Å²) < 4.78 is 0. The third-order valence-electron chi connectivity index (χ3n) is 3.59. The van der Waals surface area contributed by atoms with E-state index in [1.54, 1.807) is 12.4 Å². The van der Waals surface area contributed by atoms with Crippen LogP contribution in [0.15, 0.2) is 55.1 Å². The number of hydrogen-bond donors (Lipinski definition) is 2. The molecule has 0 aliphatic heterocycles. The van der Waals surface area contributed by atoms with E-state index in [0.29, 0.717) is 18.1 Å². The van der Waals surface area contributed by atoms with Crippen LogP contribution >= 0.6 is 0 Å². The lowest BCUT2D eigenvalue weighted by atomic mass is 10.1. The Bertz CT molecular complexity index is 842. The minimum atomic E-state index is -0.213. The van der Waals surface area contributed by atoms with Crippen molar-refractivity contribution in [1.29, 1.82) is 0 Å². The number of nitrogens with one attached hydrogen (secondary N) is 2. The molecular formula is C19H19N5O. The normalized spacial score (nSPS) is 10.3. The molecule has 126 valence electrons. The Labute approximate surface area is 146 Å². The highest BCUT2D eigenvalue weighted by molar-refractivity contribution is 5.93. The second kappa shape index (κ2) is 7.53. The third-order valence-corrected chi connectivity index (χ3v) is 3.59.